The SMILES string of the molecule is Cn1nc(C(=O)NCC(c2ccccc2Cl)N2CCOCC2)ccc1=O. The van der Waals surface area contributed by atoms with E-state index in [1.807, 2.05) is 24.3 Å². The Morgan fingerprint density at radius 3 is 2.69 bits per heavy atom. The van der Waals surface area contributed by atoms with Gasteiger partial charge in [-0.3, -0.25) is 14.5 Å². The molecule has 0 spiro atoms. The van der Waals surface area contributed by atoms with Crippen LogP contribution in [0.1, 0.15) is 22.1 Å². The van der Waals surface area contributed by atoms with Crippen molar-refractivity contribution in [2.24, 2.45) is 7.05 Å². The number of hydrogen-bond donors (Lipinski definition) is 1. The van der Waals surface area contributed by atoms with E-state index in [0.29, 0.717) is 24.8 Å². The third-order valence-corrected chi connectivity index (χ3v) is 4.74. The van der Waals surface area contributed by atoms with Crippen LogP contribution in [0.3, 0.4) is 0 Å². The molecule has 1 saturated heterocycles. The van der Waals surface area contributed by atoms with E-state index in [1.54, 1.807) is 0 Å². The van der Waals surface area contributed by atoms with E-state index in [2.05, 4.69) is 15.3 Å². The van der Waals surface area contributed by atoms with E-state index in [4.69, 9.17) is 16.3 Å². The molecule has 1 aromatic heterocycles. The Bertz CT molecular complexity index is 833. The first-order valence-electron chi connectivity index (χ1n) is 8.45. The number of halogens is 1. The van der Waals surface area contributed by atoms with Crippen molar-refractivity contribution in [2.75, 3.05) is 32.8 Å². The molecule has 1 amide bonds. The molecule has 0 saturated carbocycles. The summed E-state index contributed by atoms with van der Waals surface area (Å²) in [5, 5.41) is 7.56. The lowest BCUT2D eigenvalue weighted by Gasteiger charge is -2.35. The Kier molecular flexibility index (Phi) is 6.03. The molecule has 1 fully saturated rings. The molecule has 0 aliphatic carbocycles. The average Bonchev–Trinajstić information content (AvgIpc) is 2.66. The molecule has 7 nitrogen and oxygen atoms in total. The molecule has 2 aromatic rings. The lowest BCUT2D eigenvalue weighted by Crippen LogP contribution is -2.44. The molecule has 1 atom stereocenters. The van der Waals surface area contributed by atoms with Crippen LogP contribution < -0.4 is 10.9 Å². The molecule has 26 heavy (non-hydrogen) atoms. The van der Waals surface area contributed by atoms with Gasteiger partial charge in [0.1, 0.15) is 5.69 Å². The van der Waals surface area contributed by atoms with E-state index in [0.717, 1.165) is 23.3 Å². The molecule has 0 bridgehead atoms. The quantitative estimate of drug-likeness (QED) is 0.849. The minimum Gasteiger partial charge on any atom is -0.379 e. The standard InChI is InChI=1S/C18H21ClN4O3/c1-22-17(24)7-6-15(21-22)18(25)20-12-16(23-8-10-26-11-9-23)13-4-2-3-5-14(13)19/h2-7,16H,8-12H2,1H3,(H,20,25). The molecule has 8 heteroatoms. The minimum atomic E-state index is -0.328. The molecular weight excluding hydrogens is 356 g/mol. The molecule has 1 aliphatic heterocycles. The number of aryl methyl sites for hydroxylation is 1. The summed E-state index contributed by atoms with van der Waals surface area (Å²) in [6, 6.07) is 10.3. The fourth-order valence-corrected chi connectivity index (χ4v) is 3.24. The largest absolute Gasteiger partial charge is 0.379 e. The summed E-state index contributed by atoms with van der Waals surface area (Å²) in [6.45, 7) is 3.22. The highest BCUT2D eigenvalue weighted by Gasteiger charge is 2.25. The maximum atomic E-state index is 12.4. The summed E-state index contributed by atoms with van der Waals surface area (Å²) < 4.78 is 6.57. The second kappa shape index (κ2) is 8.44. The first kappa shape index (κ1) is 18.6. The Labute approximate surface area is 156 Å². The number of benzene rings is 1. The van der Waals surface area contributed by atoms with Crippen LogP contribution in [0.4, 0.5) is 0 Å². The summed E-state index contributed by atoms with van der Waals surface area (Å²) >= 11 is 6.39. The summed E-state index contributed by atoms with van der Waals surface area (Å²) in [5.74, 6) is -0.328. The van der Waals surface area contributed by atoms with Crippen LogP contribution in [0.15, 0.2) is 41.2 Å². The van der Waals surface area contributed by atoms with Crippen molar-refractivity contribution >= 4 is 17.5 Å². The summed E-state index contributed by atoms with van der Waals surface area (Å²) in [6.07, 6.45) is 0. The van der Waals surface area contributed by atoms with E-state index in [-0.39, 0.29) is 23.2 Å². The van der Waals surface area contributed by atoms with Gasteiger partial charge < -0.3 is 10.1 Å². The van der Waals surface area contributed by atoms with Gasteiger partial charge in [0.25, 0.3) is 11.5 Å². The maximum Gasteiger partial charge on any atom is 0.271 e. The highest BCUT2D eigenvalue weighted by molar-refractivity contribution is 6.31. The van der Waals surface area contributed by atoms with Gasteiger partial charge in [0, 0.05) is 37.8 Å². The van der Waals surface area contributed by atoms with Crippen LogP contribution in [-0.4, -0.2) is 53.4 Å². The second-order valence-electron chi connectivity index (χ2n) is 6.08. The highest BCUT2D eigenvalue weighted by atomic mass is 35.5. The zero-order valence-electron chi connectivity index (χ0n) is 14.5. The lowest BCUT2D eigenvalue weighted by atomic mass is 10.0. The van der Waals surface area contributed by atoms with E-state index in [1.165, 1.54) is 19.2 Å². The number of ether oxygens (including phenoxy) is 1. The molecule has 0 radical (unpaired) electrons. The van der Waals surface area contributed by atoms with Gasteiger partial charge in [0.15, 0.2) is 0 Å². The van der Waals surface area contributed by atoms with Crippen molar-refractivity contribution in [1.82, 2.24) is 20.0 Å². The third-order valence-electron chi connectivity index (χ3n) is 4.40. The zero-order chi connectivity index (χ0) is 18.5. The van der Waals surface area contributed by atoms with Crippen LogP contribution in [0, 0.1) is 0 Å². The van der Waals surface area contributed by atoms with E-state index < -0.39 is 0 Å². The van der Waals surface area contributed by atoms with Crippen LogP contribution >= 0.6 is 11.6 Å². The predicted molar refractivity (Wildman–Crippen MR) is 98.4 cm³/mol. The molecule has 1 unspecified atom stereocenters. The Morgan fingerprint density at radius 1 is 1.27 bits per heavy atom. The fourth-order valence-electron chi connectivity index (χ4n) is 2.97. The van der Waals surface area contributed by atoms with Gasteiger partial charge in [-0.1, -0.05) is 29.8 Å². The molecule has 138 valence electrons. The topological polar surface area (TPSA) is 76.5 Å². The number of hydrogen-bond acceptors (Lipinski definition) is 5. The summed E-state index contributed by atoms with van der Waals surface area (Å²) in [4.78, 5) is 26.1. The fraction of sp³-hybridized carbons (Fsp3) is 0.389. The molecule has 3 rings (SSSR count). The summed E-state index contributed by atoms with van der Waals surface area (Å²) in [7, 11) is 1.51. The Hall–Kier alpha value is -2.22. The van der Waals surface area contributed by atoms with Crippen LogP contribution in [0.2, 0.25) is 5.02 Å². The van der Waals surface area contributed by atoms with Crippen LogP contribution in [0.25, 0.3) is 0 Å². The number of nitrogens with zero attached hydrogens (tertiary/aromatic N) is 3. The number of carbonyl (C=O) groups excluding carboxylic acids is 1. The second-order valence-corrected chi connectivity index (χ2v) is 6.48. The maximum absolute atomic E-state index is 12.4. The molecule has 2 heterocycles. The molecule has 1 aliphatic rings. The first-order valence-corrected chi connectivity index (χ1v) is 8.83. The van der Waals surface area contributed by atoms with E-state index >= 15 is 0 Å². The smallest absolute Gasteiger partial charge is 0.271 e. The number of carbonyl (C=O) groups is 1. The van der Waals surface area contributed by atoms with Gasteiger partial charge in [0.2, 0.25) is 0 Å². The van der Waals surface area contributed by atoms with Crippen molar-refractivity contribution in [3.63, 3.8) is 0 Å². The van der Waals surface area contributed by atoms with Gasteiger partial charge in [-0.05, 0) is 17.7 Å². The first-order chi connectivity index (χ1) is 12.6. The van der Waals surface area contributed by atoms with Gasteiger partial charge in [-0.25, -0.2) is 4.68 Å². The number of rotatable bonds is 5. The minimum absolute atomic E-state index is 0.0657. The monoisotopic (exact) mass is 376 g/mol. The molecular formula is C18H21ClN4O3. The van der Waals surface area contributed by atoms with Crippen molar-refractivity contribution in [2.45, 2.75) is 6.04 Å². The Morgan fingerprint density at radius 2 is 2.00 bits per heavy atom. The normalized spacial score (nSPS) is 16.2. The van der Waals surface area contributed by atoms with Crippen molar-refractivity contribution < 1.29 is 9.53 Å². The van der Waals surface area contributed by atoms with Gasteiger partial charge in [0.05, 0.1) is 19.3 Å². The van der Waals surface area contributed by atoms with Crippen molar-refractivity contribution in [3.05, 3.63) is 63.0 Å². The van der Waals surface area contributed by atoms with Gasteiger partial charge >= 0.3 is 0 Å². The zero-order valence-corrected chi connectivity index (χ0v) is 15.3. The number of aromatic nitrogens is 2. The highest BCUT2D eigenvalue weighted by Crippen LogP contribution is 2.27. The third kappa shape index (κ3) is 4.30. The van der Waals surface area contributed by atoms with Crippen molar-refractivity contribution in [3.8, 4) is 0 Å². The van der Waals surface area contributed by atoms with E-state index in [9.17, 15) is 9.59 Å². The number of nitrogens with one attached hydrogen (secondary N) is 1. The van der Waals surface area contributed by atoms with Crippen molar-refractivity contribution in [1.29, 1.82) is 0 Å². The van der Waals surface area contributed by atoms with Crippen LogP contribution in [-0.2, 0) is 11.8 Å². The average molecular weight is 377 g/mol. The van der Waals surface area contributed by atoms with Crippen LogP contribution in [0.5, 0.6) is 0 Å². The Balaban J connectivity index is 1.77. The predicted octanol–water partition coefficient (Wildman–Crippen LogP) is 1.24. The lowest BCUT2D eigenvalue weighted by molar-refractivity contribution is 0.0162. The van der Waals surface area contributed by atoms with Gasteiger partial charge in [-0.15, -0.1) is 0 Å². The number of amides is 1. The van der Waals surface area contributed by atoms with Gasteiger partial charge in [-0.2, -0.15) is 5.10 Å². The summed E-state index contributed by atoms with van der Waals surface area (Å²) in [5.41, 5.74) is 0.903. The number of morpholine rings is 1. The molecule has 1 aromatic carbocycles. The molecule has 1 N–H and O–H groups in total.